The molecule has 0 aliphatic carbocycles. The van der Waals surface area contributed by atoms with Gasteiger partial charge in [0.2, 0.25) is 10.0 Å². The van der Waals surface area contributed by atoms with Crippen LogP contribution in [0, 0.1) is 0 Å². The van der Waals surface area contributed by atoms with Crippen LogP contribution in [-0.2, 0) is 21.3 Å². The summed E-state index contributed by atoms with van der Waals surface area (Å²) in [4.78, 5) is 2.14. The number of nitrogens with one attached hydrogen (secondary N) is 1. The molecule has 164 valence electrons. The van der Waals surface area contributed by atoms with Gasteiger partial charge in [0.15, 0.2) is 0 Å². The monoisotopic (exact) mass is 462 g/mol. The maximum absolute atomic E-state index is 13.3. The molecule has 0 spiro atoms. The smallest absolute Gasteiger partial charge is 0.371 e. The van der Waals surface area contributed by atoms with Gasteiger partial charge in [0.1, 0.15) is 6.04 Å². The van der Waals surface area contributed by atoms with E-state index in [0.717, 1.165) is 11.1 Å². The zero-order valence-electron chi connectivity index (χ0n) is 16.2. The zero-order chi connectivity index (χ0) is 21.9. The average molecular weight is 463 g/mol. The Morgan fingerprint density at radius 2 is 1.87 bits per heavy atom. The van der Waals surface area contributed by atoms with Crippen LogP contribution >= 0.6 is 11.6 Å². The van der Waals surface area contributed by atoms with Gasteiger partial charge in [-0.1, -0.05) is 54.1 Å². The second-order valence-electron chi connectivity index (χ2n) is 7.22. The number of nitrogens with zero attached hydrogens (tertiary/aromatic N) is 1. The van der Waals surface area contributed by atoms with Gasteiger partial charge in [0, 0.05) is 30.2 Å². The molecular weight excluding hydrogens is 441 g/mol. The fourth-order valence-corrected chi connectivity index (χ4v) is 4.34. The van der Waals surface area contributed by atoms with Crippen LogP contribution < -0.4 is 4.72 Å². The Labute approximate surface area is 178 Å². The molecule has 2 aromatic rings. The highest BCUT2D eigenvalue weighted by Crippen LogP contribution is 2.33. The Kier molecular flexibility index (Phi) is 7.09. The maximum Gasteiger partial charge on any atom is 0.408 e. The average Bonchev–Trinajstić information content (AvgIpc) is 2.66. The van der Waals surface area contributed by atoms with Crippen LogP contribution in [0.5, 0.6) is 0 Å². The second-order valence-corrected chi connectivity index (χ2v) is 9.41. The van der Waals surface area contributed by atoms with E-state index in [1.807, 2.05) is 18.2 Å². The number of alkyl halides is 3. The summed E-state index contributed by atoms with van der Waals surface area (Å²) in [6.45, 7) is 2.33. The van der Waals surface area contributed by atoms with Crippen molar-refractivity contribution in [1.82, 2.24) is 9.62 Å². The molecule has 1 fully saturated rings. The molecule has 1 aliphatic heterocycles. The zero-order valence-corrected chi connectivity index (χ0v) is 17.8. The Balaban J connectivity index is 1.70. The van der Waals surface area contributed by atoms with E-state index < -0.39 is 22.2 Å². The Bertz CT molecular complexity index is 968. The summed E-state index contributed by atoms with van der Waals surface area (Å²) in [5, 5.41) is 0.630. The maximum atomic E-state index is 13.3. The molecule has 2 atom stereocenters. The first-order valence-electron chi connectivity index (χ1n) is 9.24. The lowest BCUT2D eigenvalue weighted by molar-refractivity contribution is -0.153. The number of ether oxygens (including phenoxy) is 1. The fourth-order valence-electron chi connectivity index (χ4n) is 3.38. The molecule has 1 N–H and O–H groups in total. The van der Waals surface area contributed by atoms with Crippen molar-refractivity contribution in [2.45, 2.75) is 24.9 Å². The largest absolute Gasteiger partial charge is 0.408 e. The summed E-state index contributed by atoms with van der Waals surface area (Å²) in [5.41, 5.74) is 1.56. The van der Waals surface area contributed by atoms with Crippen LogP contribution in [0.15, 0.2) is 48.5 Å². The van der Waals surface area contributed by atoms with E-state index >= 15 is 0 Å². The standard InChI is InChI=1S/C20H22ClF3N2O3S/c1-30(27,28)25-19(20(22,23)24)15-8-6-14(7-9-15)12-26-10-11-29-18(13-26)16-4-2-3-5-17(16)21/h2-9,18-19,25H,10-13H2,1H3/t18?,19-/m0/s1. The van der Waals surface area contributed by atoms with Crippen molar-refractivity contribution in [3.05, 3.63) is 70.2 Å². The van der Waals surface area contributed by atoms with Crippen LogP contribution in [0.1, 0.15) is 28.8 Å². The highest BCUT2D eigenvalue weighted by molar-refractivity contribution is 7.88. The molecule has 30 heavy (non-hydrogen) atoms. The van der Waals surface area contributed by atoms with E-state index in [4.69, 9.17) is 16.3 Å². The minimum Gasteiger partial charge on any atom is -0.371 e. The molecule has 0 radical (unpaired) electrons. The first-order valence-corrected chi connectivity index (χ1v) is 11.5. The molecule has 2 aromatic carbocycles. The molecule has 1 unspecified atom stereocenters. The molecule has 0 aromatic heterocycles. The first-order chi connectivity index (χ1) is 14.0. The number of rotatable bonds is 6. The van der Waals surface area contributed by atoms with Crippen LogP contribution in [0.4, 0.5) is 13.2 Å². The van der Waals surface area contributed by atoms with Crippen LogP contribution in [0.3, 0.4) is 0 Å². The number of hydrogen-bond donors (Lipinski definition) is 1. The topological polar surface area (TPSA) is 58.6 Å². The molecule has 1 aliphatic rings. The van der Waals surface area contributed by atoms with Gasteiger partial charge < -0.3 is 4.74 Å². The Morgan fingerprint density at radius 1 is 1.20 bits per heavy atom. The van der Waals surface area contributed by atoms with Crippen molar-refractivity contribution in [3.63, 3.8) is 0 Å². The SMILES string of the molecule is CS(=O)(=O)N[C@@H](c1ccc(CN2CCOC(c3ccccc3Cl)C2)cc1)C(F)(F)F. The number of halogens is 4. The molecule has 5 nitrogen and oxygen atoms in total. The van der Waals surface area contributed by atoms with E-state index in [2.05, 4.69) is 4.90 Å². The Hall–Kier alpha value is -1.65. The van der Waals surface area contributed by atoms with E-state index in [1.165, 1.54) is 12.1 Å². The summed E-state index contributed by atoms with van der Waals surface area (Å²) in [6, 6.07) is 10.9. The number of hydrogen-bond acceptors (Lipinski definition) is 4. The summed E-state index contributed by atoms with van der Waals surface area (Å²) in [5.74, 6) is 0. The van der Waals surface area contributed by atoms with E-state index in [0.29, 0.717) is 37.5 Å². The van der Waals surface area contributed by atoms with Crippen LogP contribution in [0.25, 0.3) is 0 Å². The molecule has 0 saturated carbocycles. The predicted molar refractivity (Wildman–Crippen MR) is 109 cm³/mol. The highest BCUT2D eigenvalue weighted by Gasteiger charge is 2.42. The lowest BCUT2D eigenvalue weighted by atomic mass is 10.0. The van der Waals surface area contributed by atoms with E-state index in [9.17, 15) is 21.6 Å². The minimum absolute atomic E-state index is 0.160. The lowest BCUT2D eigenvalue weighted by Gasteiger charge is -2.33. The van der Waals surface area contributed by atoms with Crippen molar-refractivity contribution in [1.29, 1.82) is 0 Å². The van der Waals surface area contributed by atoms with E-state index in [-0.39, 0.29) is 11.7 Å². The number of morpholine rings is 1. The first kappa shape index (κ1) is 23.0. The number of benzene rings is 2. The van der Waals surface area contributed by atoms with Crippen molar-refractivity contribution in [2.75, 3.05) is 26.0 Å². The third-order valence-electron chi connectivity index (χ3n) is 4.78. The van der Waals surface area contributed by atoms with Crippen molar-refractivity contribution < 1.29 is 26.3 Å². The predicted octanol–water partition coefficient (Wildman–Crippen LogP) is 4.07. The normalized spacial score (nSPS) is 19.6. The molecule has 10 heteroatoms. The summed E-state index contributed by atoms with van der Waals surface area (Å²) >= 11 is 6.26. The lowest BCUT2D eigenvalue weighted by Crippen LogP contribution is -2.38. The highest BCUT2D eigenvalue weighted by atomic mass is 35.5. The minimum atomic E-state index is -4.74. The van der Waals surface area contributed by atoms with Gasteiger partial charge in [0.05, 0.1) is 19.0 Å². The van der Waals surface area contributed by atoms with Crippen molar-refractivity contribution in [2.24, 2.45) is 0 Å². The molecular formula is C20H22ClF3N2O3S. The van der Waals surface area contributed by atoms with Gasteiger partial charge in [-0.3, -0.25) is 4.90 Å². The van der Waals surface area contributed by atoms with Crippen molar-refractivity contribution >= 4 is 21.6 Å². The summed E-state index contributed by atoms with van der Waals surface area (Å²) in [7, 11) is -4.03. The van der Waals surface area contributed by atoms with Gasteiger partial charge in [0.25, 0.3) is 0 Å². The van der Waals surface area contributed by atoms with Gasteiger partial charge in [-0.25, -0.2) is 8.42 Å². The second kappa shape index (κ2) is 9.23. The van der Waals surface area contributed by atoms with Crippen molar-refractivity contribution in [3.8, 4) is 0 Å². The molecule has 1 heterocycles. The van der Waals surface area contributed by atoms with Gasteiger partial charge in [-0.2, -0.15) is 17.9 Å². The third-order valence-corrected chi connectivity index (χ3v) is 5.79. The molecule has 0 amide bonds. The number of sulfonamides is 1. The van der Waals surface area contributed by atoms with Gasteiger partial charge in [-0.15, -0.1) is 0 Å². The van der Waals surface area contributed by atoms with Crippen LogP contribution in [-0.4, -0.2) is 45.4 Å². The quantitative estimate of drug-likeness (QED) is 0.703. The van der Waals surface area contributed by atoms with Gasteiger partial charge >= 0.3 is 6.18 Å². The summed E-state index contributed by atoms with van der Waals surface area (Å²) in [6.07, 6.45) is -4.22. The Morgan fingerprint density at radius 3 is 2.47 bits per heavy atom. The van der Waals surface area contributed by atoms with Gasteiger partial charge in [-0.05, 0) is 17.2 Å². The summed E-state index contributed by atoms with van der Waals surface area (Å²) < 4.78 is 70.0. The molecule has 1 saturated heterocycles. The molecule has 0 bridgehead atoms. The molecule has 3 rings (SSSR count). The third kappa shape index (κ3) is 6.18. The van der Waals surface area contributed by atoms with E-state index in [1.54, 1.807) is 22.9 Å². The fraction of sp³-hybridized carbons (Fsp3) is 0.400. The van der Waals surface area contributed by atoms with Crippen LogP contribution in [0.2, 0.25) is 5.02 Å².